The third kappa shape index (κ3) is 4.47. The lowest BCUT2D eigenvalue weighted by atomic mass is 10.1. The number of benzene rings is 1. The maximum atomic E-state index is 12.3. The number of nitrogens with zero attached hydrogens (tertiary/aromatic N) is 1. The lowest BCUT2D eigenvalue weighted by Gasteiger charge is -2.23. The first kappa shape index (κ1) is 15.9. The Kier molecular flexibility index (Phi) is 5.64. The van der Waals surface area contributed by atoms with Crippen LogP contribution in [0.3, 0.4) is 0 Å². The van der Waals surface area contributed by atoms with Crippen LogP contribution < -0.4 is 0 Å². The molecule has 0 spiro atoms. The quantitative estimate of drug-likeness (QED) is 0.813. The second-order valence-corrected chi connectivity index (χ2v) is 6.04. The average Bonchev–Trinajstić information content (AvgIpc) is 2.88. The van der Waals surface area contributed by atoms with Crippen molar-refractivity contribution in [1.29, 1.82) is 0 Å². The molecule has 0 saturated carbocycles. The van der Waals surface area contributed by atoms with Crippen LogP contribution in [-0.4, -0.2) is 53.4 Å². The molecule has 1 aliphatic rings. The minimum Gasteiger partial charge on any atom is -0.481 e. The van der Waals surface area contributed by atoms with E-state index >= 15 is 0 Å². The number of carboxylic acids is 1. The molecule has 1 N–H and O–H groups in total. The third-order valence-electron chi connectivity index (χ3n) is 3.55. The van der Waals surface area contributed by atoms with E-state index in [9.17, 15) is 9.59 Å². The fourth-order valence-electron chi connectivity index (χ4n) is 2.49. The number of carbonyl (C=O) groups excluding carboxylic acids is 1. The van der Waals surface area contributed by atoms with Gasteiger partial charge < -0.3 is 14.7 Å². The number of likely N-dealkylation sites (tertiary alicyclic amines) is 1. The number of rotatable bonds is 6. The fraction of sp³-hybridized carbons (Fsp3) is 0.467. The summed E-state index contributed by atoms with van der Waals surface area (Å²) in [6.07, 6.45) is 0.492. The first-order valence-electron chi connectivity index (χ1n) is 6.82. The second kappa shape index (κ2) is 7.47. The summed E-state index contributed by atoms with van der Waals surface area (Å²) >= 11 is 1.47. The molecule has 0 aromatic heterocycles. The van der Waals surface area contributed by atoms with Gasteiger partial charge in [0.05, 0.1) is 18.3 Å². The summed E-state index contributed by atoms with van der Waals surface area (Å²) in [6.45, 7) is 0.475. The summed E-state index contributed by atoms with van der Waals surface area (Å²) < 4.78 is 5.27. The van der Waals surface area contributed by atoms with Gasteiger partial charge in [0, 0.05) is 24.6 Å². The zero-order valence-corrected chi connectivity index (χ0v) is 12.7. The van der Waals surface area contributed by atoms with Crippen LogP contribution in [0.5, 0.6) is 0 Å². The number of carboxylic acid groups (broad SMARTS) is 1. The van der Waals surface area contributed by atoms with Crippen molar-refractivity contribution in [2.24, 2.45) is 0 Å². The standard InChI is InChI=1S/C15H19NO4S/c1-20-12-7-11(8-15(18)19)16(9-12)14(17)10-21-13-5-3-2-4-6-13/h2-6,11-12H,7-10H2,1H3,(H,18,19). The van der Waals surface area contributed by atoms with E-state index in [-0.39, 0.29) is 24.5 Å². The predicted molar refractivity (Wildman–Crippen MR) is 80.3 cm³/mol. The van der Waals surface area contributed by atoms with Crippen LogP contribution in [0.1, 0.15) is 12.8 Å². The van der Waals surface area contributed by atoms with Gasteiger partial charge in [-0.1, -0.05) is 18.2 Å². The van der Waals surface area contributed by atoms with Crippen molar-refractivity contribution >= 4 is 23.6 Å². The van der Waals surface area contributed by atoms with Gasteiger partial charge in [-0.2, -0.15) is 0 Å². The molecule has 1 heterocycles. The first-order valence-corrected chi connectivity index (χ1v) is 7.80. The highest BCUT2D eigenvalue weighted by Crippen LogP contribution is 2.25. The van der Waals surface area contributed by atoms with Crippen molar-refractivity contribution in [3.05, 3.63) is 30.3 Å². The molecule has 1 amide bonds. The number of hydrogen-bond donors (Lipinski definition) is 1. The summed E-state index contributed by atoms with van der Waals surface area (Å²) in [6, 6.07) is 9.42. The topological polar surface area (TPSA) is 66.8 Å². The number of hydrogen-bond acceptors (Lipinski definition) is 4. The summed E-state index contributed by atoms with van der Waals surface area (Å²) in [4.78, 5) is 25.9. The molecule has 1 aromatic rings. The minimum absolute atomic E-state index is 0.0262. The molecule has 5 nitrogen and oxygen atoms in total. The fourth-order valence-corrected chi connectivity index (χ4v) is 3.30. The molecule has 2 atom stereocenters. The van der Waals surface area contributed by atoms with Crippen LogP contribution in [-0.2, 0) is 14.3 Å². The van der Waals surface area contributed by atoms with Crippen molar-refractivity contribution in [1.82, 2.24) is 4.90 Å². The zero-order valence-electron chi connectivity index (χ0n) is 11.9. The Balaban J connectivity index is 1.94. The van der Waals surface area contributed by atoms with Crippen molar-refractivity contribution in [2.45, 2.75) is 29.9 Å². The largest absolute Gasteiger partial charge is 0.481 e. The van der Waals surface area contributed by atoms with Gasteiger partial charge in [0.1, 0.15) is 0 Å². The van der Waals surface area contributed by atoms with Gasteiger partial charge in [-0.15, -0.1) is 11.8 Å². The Morgan fingerprint density at radius 1 is 1.38 bits per heavy atom. The highest BCUT2D eigenvalue weighted by molar-refractivity contribution is 8.00. The van der Waals surface area contributed by atoms with E-state index in [2.05, 4.69) is 0 Å². The predicted octanol–water partition coefficient (Wildman–Crippen LogP) is 1.87. The Bertz CT molecular complexity index is 494. The van der Waals surface area contributed by atoms with E-state index in [1.165, 1.54) is 11.8 Å². The molecule has 21 heavy (non-hydrogen) atoms. The van der Waals surface area contributed by atoms with Crippen molar-refractivity contribution in [2.75, 3.05) is 19.4 Å². The van der Waals surface area contributed by atoms with Gasteiger partial charge in [-0.05, 0) is 18.6 Å². The van der Waals surface area contributed by atoms with Crippen LogP contribution in [0.4, 0.5) is 0 Å². The van der Waals surface area contributed by atoms with Crippen LogP contribution >= 0.6 is 11.8 Å². The molecule has 2 rings (SSSR count). The third-order valence-corrected chi connectivity index (χ3v) is 4.54. The molecule has 0 aliphatic carbocycles. The van der Waals surface area contributed by atoms with Crippen molar-refractivity contribution in [3.8, 4) is 0 Å². The maximum absolute atomic E-state index is 12.3. The number of amides is 1. The molecule has 1 aliphatic heterocycles. The van der Waals surface area contributed by atoms with Crippen LogP contribution in [0.15, 0.2) is 35.2 Å². The molecule has 0 radical (unpaired) electrons. The summed E-state index contributed by atoms with van der Waals surface area (Å²) in [5, 5.41) is 8.96. The van der Waals surface area contributed by atoms with Gasteiger partial charge in [-0.3, -0.25) is 9.59 Å². The molecule has 1 saturated heterocycles. The molecule has 1 aromatic carbocycles. The first-order chi connectivity index (χ1) is 10.1. The Morgan fingerprint density at radius 2 is 2.10 bits per heavy atom. The Hall–Kier alpha value is -1.53. The average molecular weight is 309 g/mol. The lowest BCUT2D eigenvalue weighted by Crippen LogP contribution is -2.38. The highest BCUT2D eigenvalue weighted by atomic mass is 32.2. The minimum atomic E-state index is -0.884. The van der Waals surface area contributed by atoms with Crippen molar-refractivity contribution in [3.63, 3.8) is 0 Å². The highest BCUT2D eigenvalue weighted by Gasteiger charge is 2.36. The maximum Gasteiger partial charge on any atom is 0.305 e. The second-order valence-electron chi connectivity index (χ2n) is 4.99. The van der Waals surface area contributed by atoms with E-state index in [0.29, 0.717) is 18.7 Å². The summed E-state index contributed by atoms with van der Waals surface area (Å²) in [7, 11) is 1.59. The summed E-state index contributed by atoms with van der Waals surface area (Å²) in [5.74, 6) is -0.601. The zero-order chi connectivity index (χ0) is 15.2. The lowest BCUT2D eigenvalue weighted by molar-refractivity contribution is -0.139. The molecule has 0 bridgehead atoms. The Morgan fingerprint density at radius 3 is 2.71 bits per heavy atom. The van der Waals surface area contributed by atoms with Gasteiger partial charge in [0.2, 0.25) is 5.91 Å². The monoisotopic (exact) mass is 309 g/mol. The van der Waals surface area contributed by atoms with Crippen LogP contribution in [0.25, 0.3) is 0 Å². The SMILES string of the molecule is COC1CC(CC(=O)O)N(C(=O)CSc2ccccc2)C1. The Labute approximate surface area is 128 Å². The number of methoxy groups -OCH3 is 1. The van der Waals surface area contributed by atoms with Gasteiger partial charge in [0.25, 0.3) is 0 Å². The molecular formula is C15H19NO4S. The van der Waals surface area contributed by atoms with Crippen LogP contribution in [0, 0.1) is 0 Å². The van der Waals surface area contributed by atoms with Gasteiger partial charge in [-0.25, -0.2) is 0 Å². The van der Waals surface area contributed by atoms with Crippen molar-refractivity contribution < 1.29 is 19.4 Å². The van der Waals surface area contributed by atoms with Crippen LogP contribution in [0.2, 0.25) is 0 Å². The summed E-state index contributed by atoms with van der Waals surface area (Å²) in [5.41, 5.74) is 0. The van der Waals surface area contributed by atoms with E-state index in [1.807, 2.05) is 30.3 Å². The smallest absolute Gasteiger partial charge is 0.305 e. The molecule has 2 unspecified atom stereocenters. The number of aliphatic carboxylic acids is 1. The molecule has 6 heteroatoms. The number of thioether (sulfide) groups is 1. The normalized spacial score (nSPS) is 21.5. The molecule has 1 fully saturated rings. The van der Waals surface area contributed by atoms with E-state index < -0.39 is 5.97 Å². The van der Waals surface area contributed by atoms with Gasteiger partial charge >= 0.3 is 5.97 Å². The van der Waals surface area contributed by atoms with E-state index in [4.69, 9.17) is 9.84 Å². The molecular weight excluding hydrogens is 290 g/mol. The molecule has 114 valence electrons. The van der Waals surface area contributed by atoms with E-state index in [1.54, 1.807) is 12.0 Å². The van der Waals surface area contributed by atoms with Gasteiger partial charge in [0.15, 0.2) is 0 Å². The number of carbonyl (C=O) groups is 2. The number of ether oxygens (including phenoxy) is 1. The van der Waals surface area contributed by atoms with E-state index in [0.717, 1.165) is 4.90 Å².